The highest BCUT2D eigenvalue weighted by atomic mass is 35.5. The lowest BCUT2D eigenvalue weighted by Crippen LogP contribution is -1.99. The van der Waals surface area contributed by atoms with Gasteiger partial charge in [-0.2, -0.15) is 5.26 Å². The predicted octanol–water partition coefficient (Wildman–Crippen LogP) is 1.87. The van der Waals surface area contributed by atoms with Crippen LogP contribution < -0.4 is 0 Å². The Morgan fingerprint density at radius 3 is 2.67 bits per heavy atom. The first-order valence-corrected chi connectivity index (χ1v) is 4.00. The van der Waals surface area contributed by atoms with E-state index >= 15 is 0 Å². The summed E-state index contributed by atoms with van der Waals surface area (Å²) >= 11 is 5.68. The van der Waals surface area contributed by atoms with Crippen molar-refractivity contribution in [1.82, 2.24) is 9.97 Å². The lowest BCUT2D eigenvalue weighted by molar-refractivity contribution is 0.949. The summed E-state index contributed by atoms with van der Waals surface area (Å²) in [5, 5.41) is 8.76. The molecule has 62 valence electrons. The molecule has 0 aliphatic carbocycles. The average Bonchev–Trinajstić information content (AvgIpc) is 2.08. The van der Waals surface area contributed by atoms with Crippen LogP contribution in [0.3, 0.4) is 0 Å². The van der Waals surface area contributed by atoms with E-state index in [1.807, 2.05) is 19.9 Å². The topological polar surface area (TPSA) is 49.6 Å². The van der Waals surface area contributed by atoms with Crippen molar-refractivity contribution in [2.75, 3.05) is 0 Å². The molecule has 12 heavy (non-hydrogen) atoms. The number of nitriles is 1. The number of hydrogen-bond acceptors (Lipinski definition) is 3. The molecule has 0 fully saturated rings. The summed E-state index contributed by atoms with van der Waals surface area (Å²) in [6, 6.07) is 1.88. The minimum atomic E-state index is 0.194. The third-order valence-electron chi connectivity index (χ3n) is 1.57. The van der Waals surface area contributed by atoms with Gasteiger partial charge in [0.1, 0.15) is 6.07 Å². The Morgan fingerprint density at radius 2 is 2.17 bits per heavy atom. The monoisotopic (exact) mass is 181 g/mol. The van der Waals surface area contributed by atoms with Crippen molar-refractivity contribution in [2.45, 2.75) is 20.3 Å². The van der Waals surface area contributed by atoms with Gasteiger partial charge in [-0.05, 0) is 13.3 Å². The zero-order chi connectivity index (χ0) is 9.14. The van der Waals surface area contributed by atoms with Gasteiger partial charge in [0.25, 0.3) is 0 Å². The summed E-state index contributed by atoms with van der Waals surface area (Å²) in [7, 11) is 0. The van der Waals surface area contributed by atoms with Gasteiger partial charge in [0.2, 0.25) is 0 Å². The van der Waals surface area contributed by atoms with Crippen LogP contribution in [0.1, 0.15) is 24.0 Å². The Kier molecular flexibility index (Phi) is 2.61. The van der Waals surface area contributed by atoms with E-state index in [9.17, 15) is 0 Å². The van der Waals surface area contributed by atoms with Crippen molar-refractivity contribution in [3.05, 3.63) is 22.2 Å². The van der Waals surface area contributed by atoms with Gasteiger partial charge in [0.05, 0.1) is 11.4 Å². The highest BCUT2D eigenvalue weighted by molar-refractivity contribution is 6.30. The molecule has 0 unspecified atom stereocenters. The smallest absolute Gasteiger partial charge is 0.178 e. The fraction of sp³-hybridized carbons (Fsp3) is 0.375. The van der Waals surface area contributed by atoms with Crippen LogP contribution >= 0.6 is 11.6 Å². The van der Waals surface area contributed by atoms with Crippen LogP contribution in [0.25, 0.3) is 0 Å². The van der Waals surface area contributed by atoms with Gasteiger partial charge in [-0.1, -0.05) is 18.5 Å². The van der Waals surface area contributed by atoms with Crippen LogP contribution in [0.15, 0.2) is 0 Å². The zero-order valence-electron chi connectivity index (χ0n) is 6.93. The predicted molar refractivity (Wildman–Crippen MR) is 45.9 cm³/mol. The Bertz CT molecular complexity index is 340. The Morgan fingerprint density at radius 1 is 1.50 bits per heavy atom. The van der Waals surface area contributed by atoms with Crippen LogP contribution in [0.4, 0.5) is 0 Å². The molecule has 0 aliphatic heterocycles. The molecule has 0 radical (unpaired) electrons. The molecule has 1 aromatic heterocycles. The normalized spacial score (nSPS) is 9.50. The van der Waals surface area contributed by atoms with Crippen LogP contribution in [0.2, 0.25) is 5.15 Å². The quantitative estimate of drug-likeness (QED) is 0.665. The largest absolute Gasteiger partial charge is 0.237 e. The molecule has 0 atom stereocenters. The number of aryl methyl sites for hydroxylation is 2. The number of rotatable bonds is 1. The number of nitrogens with zero attached hydrogens (tertiary/aromatic N) is 3. The van der Waals surface area contributed by atoms with Gasteiger partial charge in [0.15, 0.2) is 10.8 Å². The summed E-state index contributed by atoms with van der Waals surface area (Å²) < 4.78 is 0. The molecule has 0 aromatic carbocycles. The van der Waals surface area contributed by atoms with Gasteiger partial charge in [-0.25, -0.2) is 9.97 Å². The third-order valence-corrected chi connectivity index (χ3v) is 1.83. The first-order chi connectivity index (χ1) is 5.69. The third kappa shape index (κ3) is 1.54. The van der Waals surface area contributed by atoms with E-state index < -0.39 is 0 Å². The number of halogens is 1. The first-order valence-electron chi connectivity index (χ1n) is 3.62. The van der Waals surface area contributed by atoms with E-state index in [1.54, 1.807) is 0 Å². The molecule has 0 bridgehead atoms. The van der Waals surface area contributed by atoms with E-state index in [-0.39, 0.29) is 10.8 Å². The Labute approximate surface area is 76.0 Å². The Balaban J connectivity index is 3.28. The van der Waals surface area contributed by atoms with Gasteiger partial charge in [-0.3, -0.25) is 0 Å². The molecule has 1 rings (SSSR count). The summed E-state index contributed by atoms with van der Waals surface area (Å²) in [4.78, 5) is 8.05. The first kappa shape index (κ1) is 8.95. The maximum Gasteiger partial charge on any atom is 0.178 e. The Hall–Kier alpha value is -1.14. The second-order valence-corrected chi connectivity index (χ2v) is 2.72. The highest BCUT2D eigenvalue weighted by Gasteiger charge is 2.06. The molecule has 0 saturated heterocycles. The van der Waals surface area contributed by atoms with E-state index in [1.165, 1.54) is 0 Å². The molecule has 0 spiro atoms. The van der Waals surface area contributed by atoms with Crippen LogP contribution in [-0.4, -0.2) is 9.97 Å². The van der Waals surface area contributed by atoms with E-state index in [0.717, 1.165) is 17.8 Å². The second-order valence-electron chi connectivity index (χ2n) is 2.36. The molecule has 0 saturated carbocycles. The van der Waals surface area contributed by atoms with Crippen molar-refractivity contribution >= 4 is 11.6 Å². The van der Waals surface area contributed by atoms with Gasteiger partial charge in [-0.15, -0.1) is 0 Å². The van der Waals surface area contributed by atoms with E-state index in [2.05, 4.69) is 9.97 Å². The second kappa shape index (κ2) is 3.51. The van der Waals surface area contributed by atoms with Crippen LogP contribution in [0, 0.1) is 18.3 Å². The molecule has 0 N–H and O–H groups in total. The minimum absolute atomic E-state index is 0.194. The lowest BCUT2D eigenvalue weighted by atomic mass is 10.2. The SMILES string of the molecule is CCc1nc(Cl)c(C#N)nc1C. The van der Waals surface area contributed by atoms with Gasteiger partial charge in [0, 0.05) is 0 Å². The fourth-order valence-corrected chi connectivity index (χ4v) is 1.12. The van der Waals surface area contributed by atoms with Gasteiger partial charge >= 0.3 is 0 Å². The summed E-state index contributed by atoms with van der Waals surface area (Å²) in [5.41, 5.74) is 1.82. The van der Waals surface area contributed by atoms with Crippen LogP contribution in [-0.2, 0) is 6.42 Å². The van der Waals surface area contributed by atoms with Crippen molar-refractivity contribution < 1.29 is 0 Å². The molecular formula is C8H8ClN3. The summed E-state index contributed by atoms with van der Waals surface area (Å²) in [6.45, 7) is 3.79. The summed E-state index contributed by atoms with van der Waals surface area (Å²) in [6.07, 6.45) is 0.782. The molecule has 0 aliphatic rings. The minimum Gasteiger partial charge on any atom is -0.237 e. The number of aromatic nitrogens is 2. The van der Waals surface area contributed by atoms with Crippen molar-refractivity contribution in [1.29, 1.82) is 5.26 Å². The van der Waals surface area contributed by atoms with Crippen LogP contribution in [0.5, 0.6) is 0 Å². The fourth-order valence-electron chi connectivity index (χ4n) is 0.937. The van der Waals surface area contributed by atoms with Crippen molar-refractivity contribution in [3.8, 4) is 6.07 Å². The molecule has 3 nitrogen and oxygen atoms in total. The maximum atomic E-state index is 8.57. The molecule has 4 heteroatoms. The van der Waals surface area contributed by atoms with Gasteiger partial charge < -0.3 is 0 Å². The molecule has 0 amide bonds. The zero-order valence-corrected chi connectivity index (χ0v) is 7.68. The molecular weight excluding hydrogens is 174 g/mol. The number of hydrogen-bond donors (Lipinski definition) is 0. The lowest BCUT2D eigenvalue weighted by Gasteiger charge is -2.01. The molecule has 1 aromatic rings. The van der Waals surface area contributed by atoms with Crippen molar-refractivity contribution in [2.24, 2.45) is 0 Å². The summed E-state index contributed by atoms with van der Waals surface area (Å²) in [5.74, 6) is 0. The van der Waals surface area contributed by atoms with Crippen molar-refractivity contribution in [3.63, 3.8) is 0 Å². The highest BCUT2D eigenvalue weighted by Crippen LogP contribution is 2.12. The average molecular weight is 182 g/mol. The van der Waals surface area contributed by atoms with E-state index in [4.69, 9.17) is 16.9 Å². The van der Waals surface area contributed by atoms with E-state index in [0.29, 0.717) is 0 Å². The maximum absolute atomic E-state index is 8.57. The standard InChI is InChI=1S/C8H8ClN3/c1-3-6-5(2)11-7(4-10)8(9)12-6/h3H2,1-2H3. The molecule has 1 heterocycles.